The van der Waals surface area contributed by atoms with Gasteiger partial charge in [0.25, 0.3) is 0 Å². The van der Waals surface area contributed by atoms with Crippen LogP contribution < -0.4 is 11.1 Å². The first kappa shape index (κ1) is 22.5. The second-order valence-corrected chi connectivity index (χ2v) is 5.36. The highest BCUT2D eigenvalue weighted by Gasteiger charge is 2.41. The Morgan fingerprint density at radius 1 is 1.30 bits per heavy atom. The van der Waals surface area contributed by atoms with E-state index in [1.165, 1.54) is 38.1 Å². The summed E-state index contributed by atoms with van der Waals surface area (Å²) in [6.07, 6.45) is -4.01. The predicted octanol–water partition coefficient (Wildman–Crippen LogP) is 2.78. The van der Waals surface area contributed by atoms with Crippen LogP contribution in [0.4, 0.5) is 18.9 Å². The maximum absolute atomic E-state index is 13.4. The zero-order valence-electron chi connectivity index (χ0n) is 14.4. The molecule has 1 heterocycles. The Hall–Kier alpha value is -2.59. The number of benzene rings is 1. The van der Waals surface area contributed by atoms with Crippen LogP contribution >= 0.6 is 12.4 Å². The van der Waals surface area contributed by atoms with E-state index in [1.54, 1.807) is 0 Å². The third kappa shape index (κ3) is 5.20. The topological polar surface area (TPSA) is 99.2 Å². The molecule has 11 heteroatoms. The first-order chi connectivity index (χ1) is 12.1. The maximum atomic E-state index is 13.4. The van der Waals surface area contributed by atoms with Gasteiger partial charge in [-0.2, -0.15) is 18.3 Å². The highest BCUT2D eigenvalue weighted by atomic mass is 35.5. The average molecular weight is 407 g/mol. The van der Waals surface area contributed by atoms with Gasteiger partial charge < -0.3 is 15.8 Å². The Morgan fingerprint density at radius 3 is 2.37 bits per heavy atom. The summed E-state index contributed by atoms with van der Waals surface area (Å²) in [5, 5.41) is 6.18. The molecule has 1 aromatic heterocycles. The summed E-state index contributed by atoms with van der Waals surface area (Å²) < 4.78 is 45.5. The number of halogens is 4. The van der Waals surface area contributed by atoms with Gasteiger partial charge >= 0.3 is 12.1 Å². The zero-order chi connectivity index (χ0) is 19.5. The Kier molecular flexibility index (Phi) is 7.37. The molecule has 2 rings (SSSR count). The molecule has 27 heavy (non-hydrogen) atoms. The number of anilines is 1. The Morgan fingerprint density at radius 2 is 1.89 bits per heavy atom. The van der Waals surface area contributed by atoms with Crippen LogP contribution in [0.15, 0.2) is 30.5 Å². The Bertz CT molecular complexity index is 804. The smallest absolute Gasteiger partial charge is 0.434 e. The van der Waals surface area contributed by atoms with Gasteiger partial charge in [0.05, 0.1) is 24.5 Å². The lowest BCUT2D eigenvalue weighted by Gasteiger charge is -2.13. The van der Waals surface area contributed by atoms with Crippen LogP contribution in [-0.2, 0) is 15.7 Å². The molecule has 1 aromatic carbocycles. The molecule has 0 unspecified atom stereocenters. The number of hydrogen-bond acceptors (Lipinski definition) is 5. The quantitative estimate of drug-likeness (QED) is 0.744. The number of rotatable bonds is 5. The number of nitrogens with zero attached hydrogens (tertiary/aromatic N) is 2. The third-order valence-electron chi connectivity index (χ3n) is 3.33. The maximum Gasteiger partial charge on any atom is 0.434 e. The van der Waals surface area contributed by atoms with E-state index in [0.29, 0.717) is 10.4 Å². The number of aromatic nitrogens is 2. The lowest BCUT2D eigenvalue weighted by molar-refractivity contribution is -0.143. The number of alkyl halides is 3. The highest BCUT2D eigenvalue weighted by molar-refractivity contribution is 5.94. The van der Waals surface area contributed by atoms with Gasteiger partial charge in [-0.1, -0.05) is 0 Å². The van der Waals surface area contributed by atoms with Crippen LogP contribution in [0, 0.1) is 0 Å². The van der Waals surface area contributed by atoms with Crippen molar-refractivity contribution in [1.82, 2.24) is 9.78 Å². The van der Waals surface area contributed by atoms with Crippen LogP contribution in [0.3, 0.4) is 0 Å². The molecule has 3 N–H and O–H groups in total. The van der Waals surface area contributed by atoms with Gasteiger partial charge in [0.2, 0.25) is 5.91 Å². The van der Waals surface area contributed by atoms with E-state index in [-0.39, 0.29) is 24.7 Å². The van der Waals surface area contributed by atoms with Crippen molar-refractivity contribution in [2.75, 3.05) is 11.9 Å². The number of carbonyl (C=O) groups is 2. The van der Waals surface area contributed by atoms with Crippen LogP contribution in [0.25, 0.3) is 5.69 Å². The van der Waals surface area contributed by atoms with Crippen molar-refractivity contribution in [3.05, 3.63) is 41.7 Å². The number of amides is 1. The molecule has 0 aliphatic heterocycles. The first-order valence-corrected chi connectivity index (χ1v) is 7.64. The fourth-order valence-electron chi connectivity index (χ4n) is 2.12. The number of nitrogens with two attached hydrogens (primary N) is 1. The molecule has 0 fully saturated rings. The van der Waals surface area contributed by atoms with Crippen molar-refractivity contribution < 1.29 is 27.5 Å². The molecular formula is C16H18ClF3N4O3. The number of carbonyl (C=O) groups excluding carboxylic acids is 2. The van der Waals surface area contributed by atoms with Gasteiger partial charge in [-0.3, -0.25) is 4.79 Å². The molecule has 148 valence electrons. The number of ether oxygens (including phenoxy) is 1. The molecule has 0 aliphatic rings. The Balaban J connectivity index is 0.00000364. The Labute approximate surface area is 159 Å². The SMILES string of the molecule is CCOC(=O)c1cnn(-c2ccc(NC(=O)[C@H](C)N)cc2)c1C(F)(F)F.Cl. The van der Waals surface area contributed by atoms with Crippen molar-refractivity contribution in [3.63, 3.8) is 0 Å². The van der Waals surface area contributed by atoms with Crippen molar-refractivity contribution >= 4 is 30.0 Å². The molecule has 2 aromatic rings. The van der Waals surface area contributed by atoms with E-state index in [4.69, 9.17) is 5.73 Å². The van der Waals surface area contributed by atoms with Crippen LogP contribution in [-0.4, -0.2) is 34.3 Å². The molecule has 0 saturated heterocycles. The monoisotopic (exact) mass is 406 g/mol. The minimum absolute atomic E-state index is 0. The summed E-state index contributed by atoms with van der Waals surface area (Å²) in [6, 6.07) is 4.73. The molecule has 0 spiro atoms. The van der Waals surface area contributed by atoms with Gasteiger partial charge in [-0.05, 0) is 38.1 Å². The molecule has 0 saturated carbocycles. The summed E-state index contributed by atoms with van der Waals surface area (Å²) in [4.78, 5) is 23.3. The van der Waals surface area contributed by atoms with Crippen molar-refractivity contribution in [2.45, 2.75) is 26.1 Å². The predicted molar refractivity (Wildman–Crippen MR) is 94.0 cm³/mol. The van der Waals surface area contributed by atoms with E-state index < -0.39 is 35.4 Å². The largest absolute Gasteiger partial charge is 0.462 e. The van der Waals surface area contributed by atoms with Gasteiger partial charge in [-0.25, -0.2) is 9.48 Å². The second kappa shape index (κ2) is 8.87. The molecular weight excluding hydrogens is 389 g/mol. The van der Waals surface area contributed by atoms with E-state index in [0.717, 1.165) is 6.20 Å². The molecule has 7 nitrogen and oxygen atoms in total. The summed E-state index contributed by atoms with van der Waals surface area (Å²) >= 11 is 0. The summed E-state index contributed by atoms with van der Waals surface area (Å²) in [6.45, 7) is 2.93. The third-order valence-corrected chi connectivity index (χ3v) is 3.33. The standard InChI is InChI=1S/C16H17F3N4O3.ClH/c1-3-26-15(25)12-8-21-23(13(12)16(17,18)19)11-6-4-10(5-7-11)22-14(24)9(2)20;/h4-9H,3,20H2,1-2H3,(H,22,24);1H/t9-;/m0./s1. The number of esters is 1. The first-order valence-electron chi connectivity index (χ1n) is 7.64. The van der Waals surface area contributed by atoms with Gasteiger partial charge in [0.1, 0.15) is 5.56 Å². The highest BCUT2D eigenvalue weighted by Crippen LogP contribution is 2.34. The summed E-state index contributed by atoms with van der Waals surface area (Å²) in [7, 11) is 0. The van der Waals surface area contributed by atoms with Gasteiger partial charge in [0.15, 0.2) is 5.69 Å². The molecule has 0 bridgehead atoms. The molecule has 0 aliphatic carbocycles. The molecule has 1 atom stereocenters. The second-order valence-electron chi connectivity index (χ2n) is 5.36. The normalized spacial score (nSPS) is 12.1. The lowest BCUT2D eigenvalue weighted by atomic mass is 10.2. The van der Waals surface area contributed by atoms with Crippen LogP contribution in [0.5, 0.6) is 0 Å². The number of nitrogens with one attached hydrogen (secondary N) is 1. The number of hydrogen-bond donors (Lipinski definition) is 2. The molecule has 0 radical (unpaired) electrons. The van der Waals surface area contributed by atoms with Gasteiger partial charge in [-0.15, -0.1) is 12.4 Å². The van der Waals surface area contributed by atoms with Crippen molar-refractivity contribution in [1.29, 1.82) is 0 Å². The van der Waals surface area contributed by atoms with Crippen molar-refractivity contribution in [2.24, 2.45) is 5.73 Å². The lowest BCUT2D eigenvalue weighted by Crippen LogP contribution is -2.32. The fraction of sp³-hybridized carbons (Fsp3) is 0.312. The fourth-order valence-corrected chi connectivity index (χ4v) is 2.12. The average Bonchev–Trinajstić information content (AvgIpc) is 3.01. The van der Waals surface area contributed by atoms with E-state index in [9.17, 15) is 22.8 Å². The minimum Gasteiger partial charge on any atom is -0.462 e. The van der Waals surface area contributed by atoms with Crippen LogP contribution in [0.1, 0.15) is 29.9 Å². The molecule has 1 amide bonds. The summed E-state index contributed by atoms with van der Waals surface area (Å²) in [5.74, 6) is -1.54. The van der Waals surface area contributed by atoms with E-state index in [1.807, 2.05) is 0 Å². The van der Waals surface area contributed by atoms with E-state index >= 15 is 0 Å². The minimum atomic E-state index is -4.82. The van der Waals surface area contributed by atoms with Gasteiger partial charge in [0, 0.05) is 5.69 Å². The van der Waals surface area contributed by atoms with Crippen molar-refractivity contribution in [3.8, 4) is 5.69 Å². The zero-order valence-corrected chi connectivity index (χ0v) is 15.2. The van der Waals surface area contributed by atoms with Crippen LogP contribution in [0.2, 0.25) is 0 Å². The summed E-state index contributed by atoms with van der Waals surface area (Å²) in [5.41, 5.74) is 3.95. The van der Waals surface area contributed by atoms with E-state index in [2.05, 4.69) is 15.2 Å².